The van der Waals surface area contributed by atoms with Crippen LogP contribution in [-0.2, 0) is 14.3 Å². The van der Waals surface area contributed by atoms with Gasteiger partial charge in [-0.3, -0.25) is 9.59 Å². The average molecular weight is 377 g/mol. The zero-order valence-electron chi connectivity index (χ0n) is 15.3. The lowest BCUT2D eigenvalue weighted by molar-refractivity contribution is -0.149. The monoisotopic (exact) mass is 377 g/mol. The van der Waals surface area contributed by atoms with Crippen molar-refractivity contribution in [3.63, 3.8) is 0 Å². The zero-order valence-corrected chi connectivity index (χ0v) is 15.3. The molecule has 0 atom stereocenters. The Kier molecular flexibility index (Phi) is 6.01. The second-order valence-electron chi connectivity index (χ2n) is 6.10. The van der Waals surface area contributed by atoms with Gasteiger partial charge in [-0.15, -0.1) is 0 Å². The van der Waals surface area contributed by atoms with Crippen LogP contribution < -0.4 is 10.1 Å². The summed E-state index contributed by atoms with van der Waals surface area (Å²) in [7, 11) is 0. The Bertz CT molecular complexity index is 1010. The molecule has 142 valence electrons. The van der Waals surface area contributed by atoms with E-state index in [1.54, 1.807) is 30.3 Å². The van der Waals surface area contributed by atoms with Crippen molar-refractivity contribution in [3.8, 4) is 5.75 Å². The van der Waals surface area contributed by atoms with E-state index in [4.69, 9.17) is 9.47 Å². The third-order valence-electron chi connectivity index (χ3n) is 4.05. The third-order valence-corrected chi connectivity index (χ3v) is 4.05. The molecule has 0 aliphatic rings. The van der Waals surface area contributed by atoms with E-state index in [0.717, 1.165) is 10.8 Å². The second kappa shape index (κ2) is 8.81. The van der Waals surface area contributed by atoms with Gasteiger partial charge in [-0.05, 0) is 42.6 Å². The Hall–Kier alpha value is -3.67. The summed E-state index contributed by atoms with van der Waals surface area (Å²) in [4.78, 5) is 35.1. The van der Waals surface area contributed by atoms with Gasteiger partial charge in [0.2, 0.25) is 0 Å². The number of benzene rings is 3. The highest BCUT2D eigenvalue weighted by atomic mass is 16.6. The number of carbonyl (C=O) groups excluding carboxylic acids is 3. The van der Waals surface area contributed by atoms with Crippen LogP contribution in [0.3, 0.4) is 0 Å². The number of fused-ring (bicyclic) bond motifs is 1. The van der Waals surface area contributed by atoms with Gasteiger partial charge in [-0.1, -0.05) is 36.4 Å². The van der Waals surface area contributed by atoms with Crippen molar-refractivity contribution in [2.45, 2.75) is 6.92 Å². The number of hydrogen-bond acceptors (Lipinski definition) is 5. The van der Waals surface area contributed by atoms with Gasteiger partial charge in [0.1, 0.15) is 5.75 Å². The van der Waals surface area contributed by atoms with Crippen LogP contribution in [0.4, 0.5) is 5.69 Å². The number of nitrogens with one attached hydrogen (secondary N) is 1. The Balaban J connectivity index is 1.47. The van der Waals surface area contributed by atoms with Crippen LogP contribution >= 0.6 is 0 Å². The summed E-state index contributed by atoms with van der Waals surface area (Å²) in [6, 6.07) is 19.7. The molecule has 6 nitrogen and oxygen atoms in total. The molecule has 0 aromatic heterocycles. The van der Waals surface area contributed by atoms with Gasteiger partial charge in [0, 0.05) is 16.6 Å². The van der Waals surface area contributed by atoms with Gasteiger partial charge < -0.3 is 14.8 Å². The SMILES string of the molecule is CC(=O)c1ccc(OCC(=O)OCC(=O)Nc2cccc3ccccc23)cc1. The fraction of sp³-hybridized carbons (Fsp3) is 0.136. The van der Waals surface area contributed by atoms with E-state index in [1.165, 1.54) is 6.92 Å². The Morgan fingerprint density at radius 3 is 2.32 bits per heavy atom. The number of anilines is 1. The molecule has 0 heterocycles. The topological polar surface area (TPSA) is 81.7 Å². The lowest BCUT2D eigenvalue weighted by Gasteiger charge is -2.10. The number of rotatable bonds is 7. The van der Waals surface area contributed by atoms with E-state index < -0.39 is 18.5 Å². The average Bonchev–Trinajstić information content (AvgIpc) is 2.71. The third kappa shape index (κ3) is 4.94. The minimum atomic E-state index is -0.663. The molecule has 3 aromatic rings. The molecule has 0 radical (unpaired) electrons. The standard InChI is InChI=1S/C22H19NO5/c1-15(24)16-9-11-18(12-10-16)27-14-22(26)28-13-21(25)23-20-8-4-6-17-5-2-3-7-19(17)20/h2-12H,13-14H2,1H3,(H,23,25). The van der Waals surface area contributed by atoms with E-state index in [9.17, 15) is 14.4 Å². The highest BCUT2D eigenvalue weighted by Crippen LogP contribution is 2.22. The van der Waals surface area contributed by atoms with Crippen LogP contribution in [0, 0.1) is 0 Å². The minimum Gasteiger partial charge on any atom is -0.482 e. The first kappa shape index (κ1) is 19.1. The quantitative estimate of drug-likeness (QED) is 0.502. The maximum absolute atomic E-state index is 12.1. The van der Waals surface area contributed by atoms with Crippen LogP contribution in [0.15, 0.2) is 66.7 Å². The van der Waals surface area contributed by atoms with Gasteiger partial charge in [-0.2, -0.15) is 0 Å². The molecule has 28 heavy (non-hydrogen) atoms. The number of ether oxygens (including phenoxy) is 2. The Morgan fingerprint density at radius 2 is 1.57 bits per heavy atom. The molecule has 3 aromatic carbocycles. The van der Waals surface area contributed by atoms with Gasteiger partial charge in [0.25, 0.3) is 5.91 Å². The molecule has 6 heteroatoms. The van der Waals surface area contributed by atoms with Gasteiger partial charge in [0.05, 0.1) is 0 Å². The number of carbonyl (C=O) groups is 3. The van der Waals surface area contributed by atoms with E-state index in [-0.39, 0.29) is 12.4 Å². The molecule has 0 saturated carbocycles. The maximum Gasteiger partial charge on any atom is 0.344 e. The van der Waals surface area contributed by atoms with E-state index in [2.05, 4.69) is 5.32 Å². The summed E-state index contributed by atoms with van der Waals surface area (Å²) in [6.45, 7) is 0.728. The lowest BCUT2D eigenvalue weighted by Crippen LogP contribution is -2.23. The van der Waals surface area contributed by atoms with Crippen molar-refractivity contribution >= 4 is 34.1 Å². The summed E-state index contributed by atoms with van der Waals surface area (Å²) in [5, 5.41) is 4.65. The largest absolute Gasteiger partial charge is 0.482 e. The fourth-order valence-electron chi connectivity index (χ4n) is 2.64. The molecule has 0 saturated heterocycles. The first-order valence-corrected chi connectivity index (χ1v) is 8.70. The normalized spacial score (nSPS) is 10.3. The zero-order chi connectivity index (χ0) is 19.9. The summed E-state index contributed by atoms with van der Waals surface area (Å²) in [6.07, 6.45) is 0. The number of Topliss-reactive ketones (excluding diaryl/α,β-unsaturated/α-hetero) is 1. The molecule has 3 rings (SSSR count). The molecule has 1 N–H and O–H groups in total. The highest BCUT2D eigenvalue weighted by Gasteiger charge is 2.10. The summed E-state index contributed by atoms with van der Waals surface area (Å²) in [5.74, 6) is -0.718. The lowest BCUT2D eigenvalue weighted by atomic mass is 10.1. The Labute approximate surface area is 162 Å². The minimum absolute atomic E-state index is 0.0526. The molecule has 0 unspecified atom stereocenters. The summed E-state index contributed by atoms with van der Waals surface area (Å²) in [5.41, 5.74) is 1.21. The highest BCUT2D eigenvalue weighted by molar-refractivity contribution is 6.02. The fourth-order valence-corrected chi connectivity index (χ4v) is 2.64. The predicted octanol–water partition coefficient (Wildman–Crippen LogP) is 3.60. The summed E-state index contributed by atoms with van der Waals surface area (Å²) < 4.78 is 10.2. The van der Waals surface area contributed by atoms with Crippen LogP contribution in [0.5, 0.6) is 5.75 Å². The van der Waals surface area contributed by atoms with E-state index >= 15 is 0 Å². The number of amides is 1. The molecular formula is C22H19NO5. The van der Waals surface area contributed by atoms with Gasteiger partial charge in [-0.25, -0.2) is 4.79 Å². The first-order chi connectivity index (χ1) is 13.5. The van der Waals surface area contributed by atoms with Crippen molar-refractivity contribution < 1.29 is 23.9 Å². The second-order valence-corrected chi connectivity index (χ2v) is 6.10. The smallest absolute Gasteiger partial charge is 0.344 e. The van der Waals surface area contributed by atoms with Crippen molar-refractivity contribution in [3.05, 3.63) is 72.3 Å². The molecule has 0 bridgehead atoms. The predicted molar refractivity (Wildman–Crippen MR) is 105 cm³/mol. The summed E-state index contributed by atoms with van der Waals surface area (Å²) >= 11 is 0. The maximum atomic E-state index is 12.1. The van der Waals surface area contributed by atoms with Crippen LogP contribution in [-0.4, -0.2) is 30.9 Å². The van der Waals surface area contributed by atoms with Crippen molar-refractivity contribution in [2.24, 2.45) is 0 Å². The van der Waals surface area contributed by atoms with Crippen molar-refractivity contribution in [1.82, 2.24) is 0 Å². The molecular weight excluding hydrogens is 358 g/mol. The number of hydrogen-bond donors (Lipinski definition) is 1. The van der Waals surface area contributed by atoms with Gasteiger partial charge in [0.15, 0.2) is 19.0 Å². The van der Waals surface area contributed by atoms with Crippen LogP contribution in [0.25, 0.3) is 10.8 Å². The molecule has 0 fully saturated rings. The molecule has 1 amide bonds. The molecule has 0 spiro atoms. The van der Waals surface area contributed by atoms with Crippen molar-refractivity contribution in [1.29, 1.82) is 0 Å². The Morgan fingerprint density at radius 1 is 0.857 bits per heavy atom. The first-order valence-electron chi connectivity index (χ1n) is 8.70. The molecule has 0 aliphatic heterocycles. The van der Waals surface area contributed by atoms with E-state index in [0.29, 0.717) is 17.0 Å². The number of esters is 1. The number of ketones is 1. The van der Waals surface area contributed by atoms with Gasteiger partial charge >= 0.3 is 5.97 Å². The molecule has 0 aliphatic carbocycles. The van der Waals surface area contributed by atoms with Crippen molar-refractivity contribution in [2.75, 3.05) is 18.5 Å². The van der Waals surface area contributed by atoms with Crippen LogP contribution in [0.2, 0.25) is 0 Å². The van der Waals surface area contributed by atoms with E-state index in [1.807, 2.05) is 36.4 Å². The van der Waals surface area contributed by atoms with Crippen LogP contribution in [0.1, 0.15) is 17.3 Å².